The molecule has 0 amide bonds. The fourth-order valence-corrected chi connectivity index (χ4v) is 3.04. The van der Waals surface area contributed by atoms with Crippen LogP contribution in [0, 0.1) is 0 Å². The Morgan fingerprint density at radius 1 is 1.21 bits per heavy atom. The number of nitrogens with zero attached hydrogens (tertiary/aromatic N) is 2. The van der Waals surface area contributed by atoms with Crippen LogP contribution in [-0.4, -0.2) is 4.37 Å². The van der Waals surface area contributed by atoms with Gasteiger partial charge in [-0.15, -0.1) is 0 Å². The first-order chi connectivity index (χ1) is 6.77. The van der Waals surface area contributed by atoms with E-state index in [4.69, 9.17) is 23.2 Å². The van der Waals surface area contributed by atoms with E-state index in [2.05, 4.69) is 9.37 Å². The van der Waals surface area contributed by atoms with Crippen molar-refractivity contribution in [3.05, 3.63) is 39.1 Å². The predicted octanol–water partition coefficient (Wildman–Crippen LogP) is 3.74. The van der Waals surface area contributed by atoms with Crippen molar-refractivity contribution in [3.63, 3.8) is 0 Å². The van der Waals surface area contributed by atoms with Gasteiger partial charge < -0.3 is 0 Å². The van der Waals surface area contributed by atoms with Crippen LogP contribution in [0.2, 0.25) is 10.2 Å². The molecule has 0 atom stereocenters. The number of halogens is 2. The summed E-state index contributed by atoms with van der Waals surface area (Å²) in [6.45, 7) is 0. The lowest BCUT2D eigenvalue weighted by Gasteiger charge is -1.93. The minimum absolute atomic E-state index is 0.430. The molecule has 6 heteroatoms. The lowest BCUT2D eigenvalue weighted by Crippen LogP contribution is -1.92. The minimum Gasteiger partial charge on any atom is -0.232 e. The summed E-state index contributed by atoms with van der Waals surface area (Å²) in [4.78, 5) is 4.30. The van der Waals surface area contributed by atoms with Crippen LogP contribution in [0.3, 0.4) is 0 Å². The predicted molar refractivity (Wildman–Crippen MR) is 61.7 cm³/mol. The van der Waals surface area contributed by atoms with Gasteiger partial charge >= 0.3 is 0 Å². The van der Waals surface area contributed by atoms with Crippen LogP contribution in [0.4, 0.5) is 5.69 Å². The zero-order chi connectivity index (χ0) is 9.97. The van der Waals surface area contributed by atoms with Crippen LogP contribution in [0.15, 0.2) is 29.3 Å². The summed E-state index contributed by atoms with van der Waals surface area (Å²) in [7, 11) is 2.74. The minimum atomic E-state index is 0.430. The van der Waals surface area contributed by atoms with Crippen molar-refractivity contribution in [1.29, 1.82) is 0 Å². The highest BCUT2D eigenvalue weighted by atomic mass is 35.5. The molecule has 2 nitrogen and oxygen atoms in total. The van der Waals surface area contributed by atoms with Crippen molar-refractivity contribution in [2.75, 3.05) is 0 Å². The molecular weight excluding hydrogens is 259 g/mol. The van der Waals surface area contributed by atoms with Gasteiger partial charge in [-0.2, -0.15) is 4.37 Å². The number of para-hydroxylation sites is 1. The van der Waals surface area contributed by atoms with Crippen LogP contribution in [0.5, 0.6) is 0 Å². The van der Waals surface area contributed by atoms with Gasteiger partial charge in [0.1, 0.15) is 0 Å². The average molecular weight is 263 g/mol. The zero-order valence-electron chi connectivity index (χ0n) is 6.78. The molecule has 1 heterocycles. The molecule has 0 saturated heterocycles. The van der Waals surface area contributed by atoms with E-state index >= 15 is 0 Å². The van der Waals surface area contributed by atoms with Crippen molar-refractivity contribution < 1.29 is 0 Å². The highest BCUT2D eigenvalue weighted by Crippen LogP contribution is 2.23. The summed E-state index contributed by atoms with van der Waals surface area (Å²) in [6, 6.07) is 7.36. The Hall–Kier alpha value is -0.420. The van der Waals surface area contributed by atoms with E-state index < -0.39 is 0 Å². The maximum atomic E-state index is 5.94. The van der Waals surface area contributed by atoms with Gasteiger partial charge in [0.05, 0.1) is 10.7 Å². The maximum absolute atomic E-state index is 5.94. The molecule has 0 fully saturated rings. The Labute approximate surface area is 98.0 Å². The molecule has 0 radical (unpaired) electrons. The van der Waals surface area contributed by atoms with Gasteiger partial charge in [-0.25, -0.2) is 4.99 Å². The first-order valence-corrected chi connectivity index (χ1v) is 6.54. The third-order valence-corrected chi connectivity index (χ3v) is 3.97. The summed E-state index contributed by atoms with van der Waals surface area (Å²) in [5, 5.41) is 1.04. The topological polar surface area (TPSA) is 25.2 Å². The van der Waals surface area contributed by atoms with Gasteiger partial charge in [-0.05, 0) is 22.5 Å². The maximum Gasteiger partial charge on any atom is 0.179 e. The Kier molecular flexibility index (Phi) is 3.18. The fourth-order valence-electron chi connectivity index (χ4n) is 0.877. The molecule has 1 aromatic carbocycles. The molecule has 0 unspecified atom stereocenters. The smallest absolute Gasteiger partial charge is 0.179 e. The lowest BCUT2D eigenvalue weighted by atomic mass is 10.3. The third kappa shape index (κ3) is 2.15. The Bertz CT molecular complexity index is 504. The molecular formula is C8H4Cl2N2S2. The van der Waals surface area contributed by atoms with Crippen LogP contribution in [0.25, 0.3) is 0 Å². The molecule has 0 saturated carbocycles. The number of rotatable bonds is 1. The van der Waals surface area contributed by atoms with E-state index in [1.165, 1.54) is 20.9 Å². The molecule has 1 aromatic heterocycles. The molecule has 2 rings (SSSR count). The molecule has 72 valence electrons. The number of aromatic nitrogens is 1. The molecule has 0 bridgehead atoms. The van der Waals surface area contributed by atoms with Crippen molar-refractivity contribution in [2.45, 2.75) is 0 Å². The second-order valence-corrected chi connectivity index (χ2v) is 5.01. The molecule has 0 aliphatic rings. The van der Waals surface area contributed by atoms with Gasteiger partial charge in [-0.3, -0.25) is 0 Å². The van der Waals surface area contributed by atoms with Crippen LogP contribution in [-0.2, 0) is 0 Å². The van der Waals surface area contributed by atoms with Crippen LogP contribution < -0.4 is 4.67 Å². The van der Waals surface area contributed by atoms with E-state index in [0.717, 1.165) is 0 Å². The van der Waals surface area contributed by atoms with Gasteiger partial charge in [0.15, 0.2) is 9.82 Å². The van der Waals surface area contributed by atoms with E-state index in [0.29, 0.717) is 20.5 Å². The molecule has 0 aliphatic carbocycles. The van der Waals surface area contributed by atoms with Gasteiger partial charge in [0.25, 0.3) is 0 Å². The van der Waals surface area contributed by atoms with E-state index in [1.807, 2.05) is 18.2 Å². The summed E-state index contributed by atoms with van der Waals surface area (Å²) in [5.74, 6) is 0. The van der Waals surface area contributed by atoms with E-state index in [9.17, 15) is 0 Å². The first-order valence-electron chi connectivity index (χ1n) is 3.68. The Morgan fingerprint density at radius 2 is 2.00 bits per heavy atom. The quantitative estimate of drug-likeness (QED) is 0.719. The lowest BCUT2D eigenvalue weighted by molar-refractivity contribution is 1.37. The van der Waals surface area contributed by atoms with Crippen molar-refractivity contribution in [2.24, 2.45) is 4.99 Å². The van der Waals surface area contributed by atoms with Gasteiger partial charge in [0, 0.05) is 10.5 Å². The number of hydrogen-bond donors (Lipinski definition) is 0. The SMILES string of the molecule is Clc1ccccc1N=c1ssnc1Cl. The Balaban J connectivity index is 2.54. The second-order valence-electron chi connectivity index (χ2n) is 2.41. The number of hydrogen-bond acceptors (Lipinski definition) is 4. The van der Waals surface area contributed by atoms with E-state index in [1.54, 1.807) is 6.07 Å². The standard InChI is InChI=1S/C8H4Cl2N2S2/c9-5-3-1-2-4-6(5)11-8-7(10)12-14-13-8/h1-4H. The molecule has 2 aromatic rings. The third-order valence-electron chi connectivity index (χ3n) is 1.48. The van der Waals surface area contributed by atoms with E-state index in [-0.39, 0.29) is 0 Å². The fraction of sp³-hybridized carbons (Fsp3) is 0. The van der Waals surface area contributed by atoms with Crippen molar-refractivity contribution in [1.82, 2.24) is 4.37 Å². The highest BCUT2D eigenvalue weighted by molar-refractivity contribution is 7.66. The summed E-state index contributed by atoms with van der Waals surface area (Å²) < 4.78 is 4.63. The normalized spacial score (nSPS) is 12.0. The molecule has 0 spiro atoms. The summed E-state index contributed by atoms with van der Waals surface area (Å²) in [6.07, 6.45) is 0. The largest absolute Gasteiger partial charge is 0.232 e. The van der Waals surface area contributed by atoms with Crippen LogP contribution in [0.1, 0.15) is 0 Å². The van der Waals surface area contributed by atoms with Crippen LogP contribution >= 0.6 is 44.1 Å². The average Bonchev–Trinajstić information content (AvgIpc) is 2.56. The molecule has 0 N–H and O–H groups in total. The van der Waals surface area contributed by atoms with Gasteiger partial charge in [0.2, 0.25) is 0 Å². The molecule has 14 heavy (non-hydrogen) atoms. The zero-order valence-corrected chi connectivity index (χ0v) is 9.92. The number of benzene rings is 1. The molecule has 0 aliphatic heterocycles. The monoisotopic (exact) mass is 262 g/mol. The highest BCUT2D eigenvalue weighted by Gasteiger charge is 1.99. The Morgan fingerprint density at radius 3 is 2.64 bits per heavy atom. The second kappa shape index (κ2) is 4.40. The van der Waals surface area contributed by atoms with Gasteiger partial charge in [-0.1, -0.05) is 35.3 Å². The summed E-state index contributed by atoms with van der Waals surface area (Å²) >= 11 is 11.8. The van der Waals surface area contributed by atoms with Crippen molar-refractivity contribution in [3.8, 4) is 0 Å². The summed E-state index contributed by atoms with van der Waals surface area (Å²) in [5.41, 5.74) is 0.715. The first kappa shape index (κ1) is 10.1. The van der Waals surface area contributed by atoms with Crippen molar-refractivity contribution >= 4 is 49.8 Å².